The van der Waals surface area contributed by atoms with Crippen LogP contribution in [-0.2, 0) is 0 Å². The molecule has 0 aromatic heterocycles. The molecule has 2 atom stereocenters. The van der Waals surface area contributed by atoms with Gasteiger partial charge in [-0.2, -0.15) is 0 Å². The van der Waals surface area contributed by atoms with E-state index in [0.717, 1.165) is 12.8 Å². The summed E-state index contributed by atoms with van der Waals surface area (Å²) in [7, 11) is 0. The third-order valence-electron chi connectivity index (χ3n) is 4.20. The van der Waals surface area contributed by atoms with Crippen LogP contribution < -0.4 is 5.73 Å². The average Bonchev–Trinajstić information content (AvgIpc) is 2.48. The minimum Gasteiger partial charge on any atom is -0.395 e. The molecule has 21 heavy (non-hydrogen) atoms. The van der Waals surface area contributed by atoms with Crippen molar-refractivity contribution < 1.29 is 10.2 Å². The maximum atomic E-state index is 9.72. The first kappa shape index (κ1) is 20.9. The first-order valence-electron chi connectivity index (χ1n) is 9.25. The van der Waals surface area contributed by atoms with Crippen molar-refractivity contribution in [2.24, 2.45) is 5.73 Å². The highest BCUT2D eigenvalue weighted by Crippen LogP contribution is 2.13. The average molecular weight is 302 g/mol. The van der Waals surface area contributed by atoms with E-state index in [-0.39, 0.29) is 18.8 Å². The van der Waals surface area contributed by atoms with Crippen LogP contribution in [0.2, 0.25) is 0 Å². The number of unbranched alkanes of at least 4 members (excludes halogenated alkanes) is 11. The third-order valence-corrected chi connectivity index (χ3v) is 4.20. The Bertz CT molecular complexity index is 200. The fourth-order valence-corrected chi connectivity index (χ4v) is 2.76. The lowest BCUT2D eigenvalue weighted by molar-refractivity contribution is 0.128. The Hall–Kier alpha value is -0.120. The molecule has 0 aliphatic rings. The van der Waals surface area contributed by atoms with Crippen molar-refractivity contribution in [2.75, 3.05) is 6.61 Å². The van der Waals surface area contributed by atoms with Crippen LogP contribution in [0.1, 0.15) is 96.8 Å². The van der Waals surface area contributed by atoms with Crippen LogP contribution in [0.3, 0.4) is 0 Å². The van der Waals surface area contributed by atoms with Crippen LogP contribution >= 0.6 is 0 Å². The van der Waals surface area contributed by atoms with E-state index < -0.39 is 0 Å². The Kier molecular flexibility index (Phi) is 16.2. The molecule has 0 aliphatic carbocycles. The molecule has 3 nitrogen and oxygen atoms in total. The second-order valence-corrected chi connectivity index (χ2v) is 6.51. The van der Waals surface area contributed by atoms with Gasteiger partial charge in [-0.1, -0.05) is 84.0 Å². The lowest BCUT2D eigenvalue weighted by atomic mass is 10.0. The highest BCUT2D eigenvalue weighted by molar-refractivity contribution is 4.66. The van der Waals surface area contributed by atoms with Gasteiger partial charge in [0, 0.05) is 6.04 Å². The Labute approximate surface area is 132 Å². The van der Waals surface area contributed by atoms with E-state index in [1.165, 1.54) is 70.6 Å². The summed E-state index contributed by atoms with van der Waals surface area (Å²) in [6.45, 7) is 2.23. The molecule has 0 aliphatic heterocycles. The molecule has 128 valence electrons. The summed E-state index contributed by atoms with van der Waals surface area (Å²) in [5, 5.41) is 18.5. The van der Waals surface area contributed by atoms with E-state index in [1.54, 1.807) is 0 Å². The van der Waals surface area contributed by atoms with E-state index in [9.17, 15) is 5.11 Å². The fraction of sp³-hybridized carbons (Fsp3) is 1.00. The smallest absolute Gasteiger partial charge is 0.0583 e. The molecule has 0 aromatic rings. The molecule has 0 saturated heterocycles. The molecule has 2 unspecified atom stereocenters. The molecular formula is C18H39NO2. The zero-order valence-corrected chi connectivity index (χ0v) is 14.2. The largest absolute Gasteiger partial charge is 0.395 e. The number of hydrogen-bond acceptors (Lipinski definition) is 3. The Morgan fingerprint density at radius 3 is 1.62 bits per heavy atom. The van der Waals surface area contributed by atoms with E-state index in [2.05, 4.69) is 6.92 Å². The molecule has 0 heterocycles. The van der Waals surface area contributed by atoms with Crippen LogP contribution in [0.4, 0.5) is 0 Å². The summed E-state index contributed by atoms with van der Waals surface area (Å²) in [6.07, 6.45) is 17.1. The van der Waals surface area contributed by atoms with Gasteiger partial charge >= 0.3 is 0 Å². The molecule has 3 heteroatoms. The van der Waals surface area contributed by atoms with Crippen LogP contribution in [0.25, 0.3) is 0 Å². The molecule has 0 aromatic carbocycles. The normalized spacial score (nSPS) is 14.3. The van der Waals surface area contributed by atoms with Crippen molar-refractivity contribution in [1.29, 1.82) is 0 Å². The summed E-state index contributed by atoms with van der Waals surface area (Å²) >= 11 is 0. The molecule has 0 radical (unpaired) electrons. The predicted molar refractivity (Wildman–Crippen MR) is 91.4 cm³/mol. The number of aliphatic hydroxyl groups excluding tert-OH is 2. The number of aliphatic hydroxyl groups is 2. The molecular weight excluding hydrogens is 262 g/mol. The van der Waals surface area contributed by atoms with E-state index in [1.807, 2.05) is 0 Å². The highest BCUT2D eigenvalue weighted by Gasteiger charge is 2.09. The Morgan fingerprint density at radius 1 is 0.762 bits per heavy atom. The number of rotatable bonds is 16. The first-order chi connectivity index (χ1) is 10.2. The first-order valence-corrected chi connectivity index (χ1v) is 9.25. The van der Waals surface area contributed by atoms with Crippen molar-refractivity contribution in [1.82, 2.24) is 0 Å². The number of hydrogen-bond donors (Lipinski definition) is 3. The van der Waals surface area contributed by atoms with Crippen LogP contribution in [-0.4, -0.2) is 29.0 Å². The quantitative estimate of drug-likeness (QED) is 0.375. The minimum absolute atomic E-state index is 0.0322. The highest BCUT2D eigenvalue weighted by atomic mass is 16.3. The summed E-state index contributed by atoms with van der Waals surface area (Å²) in [6, 6.07) is -0.266. The Balaban J connectivity index is 3.12. The molecule has 0 fully saturated rings. The van der Waals surface area contributed by atoms with Gasteiger partial charge in [-0.25, -0.2) is 0 Å². The van der Waals surface area contributed by atoms with Gasteiger partial charge in [0.25, 0.3) is 0 Å². The standard InChI is InChI=1S/C18H39NO2/c1-2-3-4-5-6-7-8-9-10-11-12-13-14-18(21)15-17(19)16-20/h17-18,20-21H,2-16,19H2,1H3. The van der Waals surface area contributed by atoms with Gasteiger partial charge in [0.15, 0.2) is 0 Å². The van der Waals surface area contributed by atoms with Gasteiger partial charge in [0.05, 0.1) is 12.7 Å². The summed E-state index contributed by atoms with van der Waals surface area (Å²) in [5.74, 6) is 0. The van der Waals surface area contributed by atoms with Crippen molar-refractivity contribution in [3.05, 3.63) is 0 Å². The van der Waals surface area contributed by atoms with Gasteiger partial charge in [-0.15, -0.1) is 0 Å². The van der Waals surface area contributed by atoms with Gasteiger partial charge in [0.1, 0.15) is 0 Å². The maximum Gasteiger partial charge on any atom is 0.0583 e. The second-order valence-electron chi connectivity index (χ2n) is 6.51. The lowest BCUT2D eigenvalue weighted by Crippen LogP contribution is -2.29. The van der Waals surface area contributed by atoms with Crippen LogP contribution in [0.5, 0.6) is 0 Å². The summed E-state index contributed by atoms with van der Waals surface area (Å²) in [5.41, 5.74) is 5.60. The van der Waals surface area contributed by atoms with E-state index in [0.29, 0.717) is 6.42 Å². The van der Waals surface area contributed by atoms with Gasteiger partial charge in [-0.3, -0.25) is 0 Å². The van der Waals surface area contributed by atoms with Crippen molar-refractivity contribution in [3.63, 3.8) is 0 Å². The summed E-state index contributed by atoms with van der Waals surface area (Å²) < 4.78 is 0. The molecule has 0 rings (SSSR count). The second kappa shape index (κ2) is 16.3. The molecule has 0 bridgehead atoms. The van der Waals surface area contributed by atoms with Gasteiger partial charge in [-0.05, 0) is 12.8 Å². The zero-order chi connectivity index (χ0) is 15.8. The van der Waals surface area contributed by atoms with Crippen molar-refractivity contribution >= 4 is 0 Å². The Morgan fingerprint density at radius 2 is 1.19 bits per heavy atom. The minimum atomic E-state index is -0.338. The van der Waals surface area contributed by atoms with Crippen LogP contribution in [0.15, 0.2) is 0 Å². The fourth-order valence-electron chi connectivity index (χ4n) is 2.76. The van der Waals surface area contributed by atoms with Gasteiger partial charge < -0.3 is 15.9 Å². The third kappa shape index (κ3) is 16.1. The predicted octanol–water partition coefficient (Wildman–Crippen LogP) is 4.15. The van der Waals surface area contributed by atoms with Gasteiger partial charge in [0.2, 0.25) is 0 Å². The SMILES string of the molecule is CCCCCCCCCCCCCCC(O)CC(N)CO. The van der Waals surface area contributed by atoms with Crippen molar-refractivity contribution in [2.45, 2.75) is 109 Å². The van der Waals surface area contributed by atoms with Crippen molar-refractivity contribution in [3.8, 4) is 0 Å². The number of nitrogens with two attached hydrogens (primary N) is 1. The topological polar surface area (TPSA) is 66.5 Å². The van der Waals surface area contributed by atoms with E-state index in [4.69, 9.17) is 10.8 Å². The molecule has 4 N–H and O–H groups in total. The van der Waals surface area contributed by atoms with E-state index >= 15 is 0 Å². The maximum absolute atomic E-state index is 9.72. The lowest BCUT2D eigenvalue weighted by Gasteiger charge is -2.14. The van der Waals surface area contributed by atoms with Crippen LogP contribution in [0, 0.1) is 0 Å². The zero-order valence-electron chi connectivity index (χ0n) is 14.2. The summed E-state index contributed by atoms with van der Waals surface area (Å²) in [4.78, 5) is 0. The molecule has 0 spiro atoms. The molecule has 0 amide bonds. The molecule has 0 saturated carbocycles. The monoisotopic (exact) mass is 301 g/mol.